The molecule has 1 aromatic heterocycles. The molecular weight excluding hydrogens is 220 g/mol. The van der Waals surface area contributed by atoms with Gasteiger partial charge in [-0.15, -0.1) is 0 Å². The largest absolute Gasteiger partial charge is 0.368 e. The molecule has 0 aromatic carbocycles. The van der Waals surface area contributed by atoms with Crippen molar-refractivity contribution < 1.29 is 0 Å². The van der Waals surface area contributed by atoms with Gasteiger partial charge in [-0.05, 0) is 0 Å². The van der Waals surface area contributed by atoms with Crippen LogP contribution in [0.1, 0.15) is 0 Å². The van der Waals surface area contributed by atoms with E-state index in [1.54, 1.807) is 0 Å². The van der Waals surface area contributed by atoms with Gasteiger partial charge in [-0.2, -0.15) is 15.0 Å². The quantitative estimate of drug-likeness (QED) is 0.435. The van der Waals surface area contributed by atoms with Gasteiger partial charge >= 0.3 is 0 Å². The summed E-state index contributed by atoms with van der Waals surface area (Å²) in [6, 6.07) is 0. The maximum absolute atomic E-state index is 5.14. The molecule has 10 heavy (non-hydrogen) atoms. The first-order chi connectivity index (χ1) is 4.18. The van der Waals surface area contributed by atoms with Gasteiger partial charge < -0.3 is 23.4 Å². The molecule has 0 spiro atoms. The Balaban J connectivity index is 0.000000810. The highest BCUT2D eigenvalue weighted by Crippen LogP contribution is 1.97. The van der Waals surface area contributed by atoms with Gasteiger partial charge in [0.1, 0.15) is 0 Å². The van der Waals surface area contributed by atoms with E-state index in [0.717, 1.165) is 0 Å². The number of hydrogen-bond acceptors (Lipinski definition) is 7. The molecule has 0 amide bonds. The lowest BCUT2D eigenvalue weighted by atomic mass is 10.9. The minimum absolute atomic E-state index is 0. The molecule has 7 heteroatoms. The molecule has 0 radical (unpaired) electrons. The Labute approximate surface area is 57.2 Å². The number of nitrogen functional groups attached to an aromatic ring is 3. The highest BCUT2D eigenvalue weighted by Gasteiger charge is 1.93. The zero-order chi connectivity index (χ0) is 6.85. The topological polar surface area (TPSA) is 152 Å². The summed E-state index contributed by atoms with van der Waals surface area (Å²) in [7, 11) is 0. The first-order valence-corrected chi connectivity index (χ1v) is 2.21. The van der Waals surface area contributed by atoms with Crippen molar-refractivity contribution in [1.29, 1.82) is 0 Å². The Morgan fingerprint density at radius 2 is 0.900 bits per heavy atom. The molecule has 0 bridgehead atoms. The van der Waals surface area contributed by atoms with Crippen molar-refractivity contribution >= 4 is 17.8 Å². The van der Waals surface area contributed by atoms with Crippen LogP contribution in [0.4, 0.5) is 17.8 Å². The minimum Gasteiger partial charge on any atom is -0.368 e. The first-order valence-electron chi connectivity index (χ1n) is 2.21. The third-order valence-corrected chi connectivity index (χ3v) is 0.687. The Morgan fingerprint density at radius 3 is 1.10 bits per heavy atom. The normalized spacial score (nSPS) is 8.40. The molecule has 0 fully saturated rings. The predicted octanol–water partition coefficient (Wildman–Crippen LogP) is -1.22. The second kappa shape index (κ2) is 2.78. The van der Waals surface area contributed by atoms with Crippen LogP contribution in [-0.2, 0) is 0 Å². The summed E-state index contributed by atoms with van der Waals surface area (Å²) in [5.74, 6) is 0.125. The molecule has 1 aromatic rings. The lowest BCUT2D eigenvalue weighted by molar-refractivity contribution is 1.09. The number of anilines is 3. The molecule has 9 N–H and O–H groups in total. The van der Waals surface area contributed by atoms with Gasteiger partial charge in [0.15, 0.2) is 0 Å². The molecule has 56 valence electrons. The number of nitrogens with zero attached hydrogens (tertiary/aromatic N) is 3. The van der Waals surface area contributed by atoms with Crippen LogP contribution >= 0.6 is 0 Å². The first kappa shape index (κ1) is 8.37. The fraction of sp³-hybridized carbons (Fsp3) is 0. The molecule has 0 aliphatic rings. The van der Waals surface area contributed by atoms with Gasteiger partial charge in [-0.25, -0.2) is 0 Å². The van der Waals surface area contributed by atoms with Crippen LogP contribution in [0.3, 0.4) is 0 Å². The van der Waals surface area contributed by atoms with Crippen molar-refractivity contribution in [1.82, 2.24) is 21.1 Å². The lowest BCUT2D eigenvalue weighted by Crippen LogP contribution is -2.05. The van der Waals surface area contributed by atoms with E-state index in [1.807, 2.05) is 0 Å². The fourth-order valence-corrected chi connectivity index (χ4v) is 0.427. The lowest BCUT2D eigenvalue weighted by Gasteiger charge is -1.93. The number of hydrogen-bond donors (Lipinski definition) is 4. The fourth-order valence-electron chi connectivity index (χ4n) is 0.427. The molecule has 0 saturated carbocycles. The summed E-state index contributed by atoms with van der Waals surface area (Å²) in [6.07, 6.45) is 0. The summed E-state index contributed by atoms with van der Waals surface area (Å²) < 4.78 is 0. The number of rotatable bonds is 0. The summed E-state index contributed by atoms with van der Waals surface area (Å²) >= 11 is 0. The van der Waals surface area contributed by atoms with E-state index < -0.39 is 0 Å². The van der Waals surface area contributed by atoms with Gasteiger partial charge in [0.25, 0.3) is 0 Å². The van der Waals surface area contributed by atoms with E-state index in [-0.39, 0.29) is 24.0 Å². The number of aromatic nitrogens is 3. The molecule has 0 unspecified atom stereocenters. The zero-order valence-corrected chi connectivity index (χ0v) is 5.28. The molecule has 0 saturated heterocycles. The predicted molar refractivity (Wildman–Crippen MR) is 38.1 cm³/mol. The van der Waals surface area contributed by atoms with E-state index >= 15 is 0 Å². The zero-order valence-electron chi connectivity index (χ0n) is 5.28. The average Bonchev–Trinajstić information content (AvgIpc) is 1.59. The van der Waals surface area contributed by atoms with Crippen LogP contribution in [0.25, 0.3) is 0 Å². The van der Waals surface area contributed by atoms with Crippen molar-refractivity contribution in [2.24, 2.45) is 0 Å². The van der Waals surface area contributed by atoms with Crippen molar-refractivity contribution in [3.8, 4) is 0 Å². The highest BCUT2D eigenvalue weighted by atomic mass is 100. The van der Waals surface area contributed by atoms with Crippen molar-refractivity contribution in [3.05, 3.63) is 0 Å². The minimum atomic E-state index is 0. The van der Waals surface area contributed by atoms with Crippen molar-refractivity contribution in [2.45, 2.75) is 0 Å². The maximum Gasteiger partial charge on any atom is 0.226 e. The Kier molecular flexibility index (Phi) is 2.33. The molecule has 1 heterocycles. The van der Waals surface area contributed by atoms with E-state index in [9.17, 15) is 0 Å². The second-order valence-electron chi connectivity index (χ2n) is 1.41. The van der Waals surface area contributed by atoms with Crippen molar-refractivity contribution in [2.75, 3.05) is 17.2 Å². The molecule has 7 nitrogen and oxygen atoms in total. The van der Waals surface area contributed by atoms with E-state index in [1.165, 1.54) is 0 Å². The van der Waals surface area contributed by atoms with Gasteiger partial charge in [0.05, 0.1) is 0 Å². The smallest absolute Gasteiger partial charge is 0.226 e. The molecule has 0 atom stereocenters. The highest BCUT2D eigenvalue weighted by molar-refractivity contribution is 5.33. The monoisotopic (exact) mass is 229 g/mol. The van der Waals surface area contributed by atoms with E-state index in [4.69, 9.17) is 17.2 Å². The Morgan fingerprint density at radius 1 is 0.700 bits per heavy atom. The summed E-state index contributed by atoms with van der Waals surface area (Å²) in [4.78, 5) is 10.5. The Bertz CT molecular complexity index is 170. The van der Waals surface area contributed by atoms with Gasteiger partial charge in [-0.3, -0.25) is 0 Å². The van der Waals surface area contributed by atoms with Crippen LogP contribution in [0.5, 0.6) is 0 Å². The summed E-state index contributed by atoms with van der Waals surface area (Å²) in [6.45, 7) is 0. The van der Waals surface area contributed by atoms with E-state index in [2.05, 4.69) is 15.0 Å². The van der Waals surface area contributed by atoms with Gasteiger partial charge in [-0.1, -0.05) is 0 Å². The number of nitrogens with two attached hydrogens (primary N) is 3. The molecule has 0 aliphatic heterocycles. The van der Waals surface area contributed by atoms with Crippen molar-refractivity contribution in [3.63, 3.8) is 0 Å². The van der Waals surface area contributed by atoms with Gasteiger partial charge in [0, 0.05) is 0 Å². The average molecular weight is 229 g/mol. The third kappa shape index (κ3) is 1.71. The molecule has 1 rings (SSSR count). The second-order valence-corrected chi connectivity index (χ2v) is 1.41. The molecular formula is C3H9N7. The maximum atomic E-state index is 5.14. The van der Waals surface area contributed by atoms with Crippen LogP contribution in [0.15, 0.2) is 0 Å². The van der Waals surface area contributed by atoms with Gasteiger partial charge in [0.2, 0.25) is 17.8 Å². The van der Waals surface area contributed by atoms with Crippen LogP contribution < -0.4 is 23.4 Å². The molecule has 0 aliphatic carbocycles. The van der Waals surface area contributed by atoms with E-state index in [0.29, 0.717) is 0 Å². The Hall–Kier alpha value is -1.63. The standard InChI is InChI=1S/C3H6N6.H3N/c4-1-7-2(5)9-3(6)8-1;/h(H6,4,5,6,7,8,9);1H3/i;1+86. The summed E-state index contributed by atoms with van der Waals surface area (Å²) in [5, 5.41) is 0. The van der Waals surface area contributed by atoms with Crippen LogP contribution in [0.2, 0.25) is 0 Å². The SMILES string of the molecule is Nc1nc(N)nc(N)n1.[100NH3]. The van der Waals surface area contributed by atoms with Crippen LogP contribution in [-0.4, -0.2) is 15.0 Å². The van der Waals surface area contributed by atoms with Crippen LogP contribution in [0, 0.1) is 0 Å². The third-order valence-electron chi connectivity index (χ3n) is 0.687. The summed E-state index contributed by atoms with van der Waals surface area (Å²) in [5.41, 5.74) is 15.4.